The van der Waals surface area contributed by atoms with E-state index in [1.165, 1.54) is 19.3 Å². The van der Waals surface area contributed by atoms with E-state index < -0.39 is 0 Å². The summed E-state index contributed by atoms with van der Waals surface area (Å²) in [6.45, 7) is 0.914. The third-order valence-corrected chi connectivity index (χ3v) is 3.18. The standard InChI is InChI=1S/C8H16O2Si/c1-9-7-5-8(11)4-2-3-6-10-8/h5,7H,2-4,6H2,1,11H3. The normalized spacial score (nSPS) is 32.8. The highest BCUT2D eigenvalue weighted by Gasteiger charge is 2.24. The molecular formula is C8H16O2Si. The van der Waals surface area contributed by atoms with Crippen LogP contribution in [0.5, 0.6) is 0 Å². The fraction of sp³-hybridized carbons (Fsp3) is 0.750. The van der Waals surface area contributed by atoms with Crippen molar-refractivity contribution < 1.29 is 9.47 Å². The quantitative estimate of drug-likeness (QED) is 0.444. The lowest BCUT2D eigenvalue weighted by Gasteiger charge is -2.30. The summed E-state index contributed by atoms with van der Waals surface area (Å²) in [7, 11) is 2.73. The van der Waals surface area contributed by atoms with Gasteiger partial charge in [0.15, 0.2) is 0 Å². The van der Waals surface area contributed by atoms with Crippen molar-refractivity contribution in [1.82, 2.24) is 0 Å². The van der Waals surface area contributed by atoms with Crippen LogP contribution in [0, 0.1) is 0 Å². The number of methoxy groups -OCH3 is 1. The maximum absolute atomic E-state index is 5.66. The van der Waals surface area contributed by atoms with Gasteiger partial charge in [-0.25, -0.2) is 0 Å². The molecule has 1 heterocycles. The lowest BCUT2D eigenvalue weighted by molar-refractivity contribution is 0.0140. The zero-order valence-electron chi connectivity index (χ0n) is 7.30. The van der Waals surface area contributed by atoms with E-state index in [-0.39, 0.29) is 5.22 Å². The molecule has 64 valence electrons. The Morgan fingerprint density at radius 2 is 2.36 bits per heavy atom. The van der Waals surface area contributed by atoms with Gasteiger partial charge in [0.1, 0.15) is 0 Å². The minimum atomic E-state index is 0.0637. The van der Waals surface area contributed by atoms with Crippen molar-refractivity contribution in [1.29, 1.82) is 0 Å². The molecule has 1 atom stereocenters. The molecule has 1 unspecified atom stereocenters. The smallest absolute Gasteiger partial charge is 0.0809 e. The predicted octanol–water partition coefficient (Wildman–Crippen LogP) is 0.409. The Kier molecular flexibility index (Phi) is 3.14. The molecule has 1 aliphatic heterocycles. The van der Waals surface area contributed by atoms with Crippen molar-refractivity contribution in [2.75, 3.05) is 13.7 Å². The Labute approximate surface area is 71.0 Å². The van der Waals surface area contributed by atoms with Gasteiger partial charge in [-0.3, -0.25) is 0 Å². The van der Waals surface area contributed by atoms with Gasteiger partial charge in [0, 0.05) is 16.8 Å². The van der Waals surface area contributed by atoms with Gasteiger partial charge in [0.05, 0.1) is 18.6 Å². The van der Waals surface area contributed by atoms with E-state index in [0.29, 0.717) is 0 Å². The molecule has 0 radical (unpaired) electrons. The maximum atomic E-state index is 5.66. The fourth-order valence-corrected chi connectivity index (χ4v) is 1.99. The Bertz CT molecular complexity index is 139. The number of hydrogen-bond donors (Lipinski definition) is 0. The summed E-state index contributed by atoms with van der Waals surface area (Å²) in [4.78, 5) is 0. The van der Waals surface area contributed by atoms with Crippen LogP contribution < -0.4 is 0 Å². The van der Waals surface area contributed by atoms with Gasteiger partial charge in [-0.05, 0) is 25.3 Å². The molecule has 0 spiro atoms. The first-order valence-corrected chi connectivity index (χ1v) is 5.11. The highest BCUT2D eigenvalue weighted by molar-refractivity contribution is 6.16. The van der Waals surface area contributed by atoms with Gasteiger partial charge in [-0.2, -0.15) is 0 Å². The highest BCUT2D eigenvalue weighted by Crippen LogP contribution is 2.22. The number of hydrogen-bond acceptors (Lipinski definition) is 2. The molecule has 3 heteroatoms. The maximum Gasteiger partial charge on any atom is 0.0809 e. The minimum absolute atomic E-state index is 0.0637. The van der Waals surface area contributed by atoms with E-state index >= 15 is 0 Å². The first kappa shape index (κ1) is 8.81. The second-order valence-electron chi connectivity index (χ2n) is 3.16. The van der Waals surface area contributed by atoms with E-state index in [9.17, 15) is 0 Å². The van der Waals surface area contributed by atoms with Crippen LogP contribution >= 0.6 is 0 Å². The SMILES string of the molecule is COC=CC1([SiH3])CCCCO1. The summed E-state index contributed by atoms with van der Waals surface area (Å²) in [6, 6.07) is 0. The molecule has 0 aromatic carbocycles. The van der Waals surface area contributed by atoms with Crippen LogP contribution in [0.25, 0.3) is 0 Å². The predicted molar refractivity (Wildman–Crippen MR) is 48.6 cm³/mol. The van der Waals surface area contributed by atoms with Gasteiger partial charge in [-0.1, -0.05) is 0 Å². The Hall–Kier alpha value is -0.283. The van der Waals surface area contributed by atoms with Gasteiger partial charge < -0.3 is 9.47 Å². The molecule has 1 fully saturated rings. The first-order valence-electron chi connectivity index (χ1n) is 4.11. The summed E-state index contributed by atoms with van der Waals surface area (Å²) in [6.07, 6.45) is 7.46. The fourth-order valence-electron chi connectivity index (χ4n) is 1.30. The number of rotatable bonds is 2. The molecule has 0 aromatic rings. The van der Waals surface area contributed by atoms with E-state index in [1.807, 2.05) is 0 Å². The summed E-state index contributed by atoms with van der Waals surface area (Å²) < 4.78 is 10.5. The monoisotopic (exact) mass is 172 g/mol. The Morgan fingerprint density at radius 1 is 1.55 bits per heavy atom. The molecular weight excluding hydrogens is 156 g/mol. The van der Waals surface area contributed by atoms with Crippen molar-refractivity contribution in [3.63, 3.8) is 0 Å². The zero-order chi connectivity index (χ0) is 8.16. The summed E-state index contributed by atoms with van der Waals surface area (Å²) in [5.74, 6) is 0. The van der Waals surface area contributed by atoms with Crippen molar-refractivity contribution in [3.05, 3.63) is 12.3 Å². The first-order chi connectivity index (χ1) is 5.27. The molecule has 11 heavy (non-hydrogen) atoms. The molecule has 1 aliphatic rings. The van der Waals surface area contributed by atoms with Crippen LogP contribution in [-0.4, -0.2) is 29.2 Å². The van der Waals surface area contributed by atoms with E-state index in [4.69, 9.17) is 9.47 Å². The molecule has 0 saturated carbocycles. The highest BCUT2D eigenvalue weighted by atomic mass is 28.1. The average molecular weight is 172 g/mol. The Morgan fingerprint density at radius 3 is 2.91 bits per heavy atom. The Balaban J connectivity index is 2.43. The third-order valence-electron chi connectivity index (χ3n) is 2.06. The molecule has 0 N–H and O–H groups in total. The van der Waals surface area contributed by atoms with Crippen LogP contribution in [0.15, 0.2) is 12.3 Å². The van der Waals surface area contributed by atoms with Gasteiger partial charge >= 0.3 is 0 Å². The molecule has 0 aliphatic carbocycles. The minimum Gasteiger partial charge on any atom is -0.505 e. The van der Waals surface area contributed by atoms with E-state index in [1.54, 1.807) is 13.4 Å². The second kappa shape index (κ2) is 3.92. The van der Waals surface area contributed by atoms with E-state index in [2.05, 4.69) is 6.08 Å². The average Bonchev–Trinajstić information content (AvgIpc) is 2.03. The van der Waals surface area contributed by atoms with Gasteiger partial charge in [0.25, 0.3) is 0 Å². The van der Waals surface area contributed by atoms with Crippen LogP contribution in [0.4, 0.5) is 0 Å². The molecule has 0 amide bonds. The lowest BCUT2D eigenvalue weighted by atomic mass is 10.1. The molecule has 0 bridgehead atoms. The third kappa shape index (κ3) is 2.67. The van der Waals surface area contributed by atoms with Crippen LogP contribution in [0.3, 0.4) is 0 Å². The van der Waals surface area contributed by atoms with Crippen LogP contribution in [-0.2, 0) is 9.47 Å². The second-order valence-corrected chi connectivity index (χ2v) is 4.85. The van der Waals surface area contributed by atoms with Crippen molar-refractivity contribution in [2.24, 2.45) is 0 Å². The van der Waals surface area contributed by atoms with Gasteiger partial charge in [0.2, 0.25) is 0 Å². The summed E-state index contributed by atoms with van der Waals surface area (Å²) in [5.41, 5.74) is 0. The lowest BCUT2D eigenvalue weighted by Crippen LogP contribution is -2.34. The van der Waals surface area contributed by atoms with Crippen molar-refractivity contribution in [2.45, 2.75) is 24.5 Å². The topological polar surface area (TPSA) is 18.5 Å². The molecule has 0 aromatic heterocycles. The number of ether oxygens (including phenoxy) is 2. The van der Waals surface area contributed by atoms with Crippen molar-refractivity contribution >= 4 is 10.2 Å². The zero-order valence-corrected chi connectivity index (χ0v) is 9.30. The van der Waals surface area contributed by atoms with Crippen molar-refractivity contribution in [3.8, 4) is 0 Å². The summed E-state index contributed by atoms with van der Waals surface area (Å²) >= 11 is 0. The molecule has 1 saturated heterocycles. The molecule has 1 rings (SSSR count). The molecule has 2 nitrogen and oxygen atoms in total. The largest absolute Gasteiger partial charge is 0.505 e. The van der Waals surface area contributed by atoms with Gasteiger partial charge in [-0.15, -0.1) is 0 Å². The van der Waals surface area contributed by atoms with Crippen LogP contribution in [0.2, 0.25) is 0 Å². The van der Waals surface area contributed by atoms with Crippen LogP contribution in [0.1, 0.15) is 19.3 Å². The van der Waals surface area contributed by atoms with E-state index in [0.717, 1.165) is 16.8 Å². The summed E-state index contributed by atoms with van der Waals surface area (Å²) in [5, 5.41) is 0.0637.